The fourth-order valence-electron chi connectivity index (χ4n) is 2.12. The number of benzene rings is 2. The molecule has 0 fully saturated rings. The van der Waals surface area contributed by atoms with Gasteiger partial charge in [-0.1, -0.05) is 41.6 Å². The zero-order valence-corrected chi connectivity index (χ0v) is 9.96. The minimum absolute atomic E-state index is 0.166. The number of hydrogen-bond acceptors (Lipinski definition) is 3. The summed E-state index contributed by atoms with van der Waals surface area (Å²) in [7, 11) is 0. The van der Waals surface area contributed by atoms with E-state index in [2.05, 4.69) is 5.16 Å². The maximum atomic E-state index is 11.4. The van der Waals surface area contributed by atoms with Crippen LogP contribution in [0.5, 0.6) is 0 Å². The average Bonchev–Trinajstić information content (AvgIpc) is 2.53. The van der Waals surface area contributed by atoms with Crippen LogP contribution in [0.2, 0.25) is 0 Å². The Morgan fingerprint density at radius 2 is 2.00 bits per heavy atom. The SMILES string of the molecule is CC(=O)N1Cc2ccc(c3ccccc23)C=NO1. The average molecular weight is 240 g/mol. The molecule has 4 heteroatoms. The number of rotatable bonds is 0. The molecular weight excluding hydrogens is 228 g/mol. The van der Waals surface area contributed by atoms with Crippen LogP contribution in [0.15, 0.2) is 41.6 Å². The molecule has 18 heavy (non-hydrogen) atoms. The molecule has 0 unspecified atom stereocenters. The van der Waals surface area contributed by atoms with E-state index < -0.39 is 0 Å². The molecule has 0 saturated heterocycles. The summed E-state index contributed by atoms with van der Waals surface area (Å²) >= 11 is 0. The Morgan fingerprint density at radius 1 is 1.22 bits per heavy atom. The van der Waals surface area contributed by atoms with Crippen LogP contribution in [0.25, 0.3) is 10.8 Å². The van der Waals surface area contributed by atoms with Crippen LogP contribution in [0.4, 0.5) is 0 Å². The predicted molar refractivity (Wildman–Crippen MR) is 68.9 cm³/mol. The van der Waals surface area contributed by atoms with E-state index in [1.165, 1.54) is 12.0 Å². The van der Waals surface area contributed by atoms with Crippen molar-refractivity contribution < 1.29 is 9.73 Å². The standard InChI is InChI=1S/C14H12N2O2/c1-10(17)16-9-12-7-6-11(8-15-18-16)13-4-2-3-5-14(12)13/h2-8H,9H2,1H3. The van der Waals surface area contributed by atoms with Gasteiger partial charge in [-0.15, -0.1) is 5.06 Å². The molecule has 0 aliphatic carbocycles. The lowest BCUT2D eigenvalue weighted by molar-refractivity contribution is -0.187. The summed E-state index contributed by atoms with van der Waals surface area (Å²) in [5, 5.41) is 7.34. The smallest absolute Gasteiger partial charge is 0.254 e. The van der Waals surface area contributed by atoms with E-state index in [-0.39, 0.29) is 5.91 Å². The summed E-state index contributed by atoms with van der Waals surface area (Å²) < 4.78 is 0. The third-order valence-corrected chi connectivity index (χ3v) is 3.05. The zero-order chi connectivity index (χ0) is 12.5. The molecule has 2 aliphatic heterocycles. The molecule has 2 aliphatic rings. The Hall–Kier alpha value is -2.36. The quantitative estimate of drug-likeness (QED) is 0.709. The summed E-state index contributed by atoms with van der Waals surface area (Å²) in [6.45, 7) is 1.86. The number of hydroxylamine groups is 2. The zero-order valence-electron chi connectivity index (χ0n) is 9.96. The second-order valence-electron chi connectivity index (χ2n) is 4.23. The van der Waals surface area contributed by atoms with Crippen LogP contribution in [0, 0.1) is 0 Å². The van der Waals surface area contributed by atoms with Gasteiger partial charge in [0.15, 0.2) is 0 Å². The van der Waals surface area contributed by atoms with Gasteiger partial charge in [-0.25, -0.2) is 0 Å². The summed E-state index contributed by atoms with van der Waals surface area (Å²) in [6, 6.07) is 12.1. The highest BCUT2D eigenvalue weighted by molar-refractivity contribution is 6.01. The van der Waals surface area contributed by atoms with E-state index in [0.29, 0.717) is 6.54 Å². The molecule has 0 spiro atoms. The van der Waals surface area contributed by atoms with Gasteiger partial charge in [-0.3, -0.25) is 9.73 Å². The van der Waals surface area contributed by atoms with E-state index in [1.54, 1.807) is 6.21 Å². The van der Waals surface area contributed by atoms with Gasteiger partial charge in [-0.05, 0) is 16.3 Å². The molecule has 1 amide bonds. The minimum Gasteiger partial charge on any atom is -0.272 e. The topological polar surface area (TPSA) is 41.9 Å². The van der Waals surface area contributed by atoms with Gasteiger partial charge < -0.3 is 0 Å². The third kappa shape index (κ3) is 1.72. The summed E-state index contributed by atoms with van der Waals surface area (Å²) in [5.41, 5.74) is 2.04. The first-order valence-corrected chi connectivity index (χ1v) is 5.75. The lowest BCUT2D eigenvalue weighted by Gasteiger charge is -2.16. The van der Waals surface area contributed by atoms with Gasteiger partial charge in [0, 0.05) is 12.5 Å². The molecule has 2 aromatic rings. The maximum Gasteiger partial charge on any atom is 0.254 e. The molecule has 0 aromatic heterocycles. The molecule has 0 N–H and O–H groups in total. The Balaban J connectivity index is 2.24. The second kappa shape index (κ2) is 4.14. The van der Waals surface area contributed by atoms with Crippen molar-refractivity contribution in [2.24, 2.45) is 5.16 Å². The lowest BCUT2D eigenvalue weighted by Crippen LogP contribution is -2.26. The fourth-order valence-corrected chi connectivity index (χ4v) is 2.12. The van der Waals surface area contributed by atoms with Gasteiger partial charge in [0.25, 0.3) is 5.91 Å². The van der Waals surface area contributed by atoms with Gasteiger partial charge in [-0.2, -0.15) is 0 Å². The maximum absolute atomic E-state index is 11.4. The Bertz CT molecular complexity index is 649. The fraction of sp³-hybridized carbons (Fsp3) is 0.143. The highest BCUT2D eigenvalue weighted by Gasteiger charge is 2.15. The van der Waals surface area contributed by atoms with Gasteiger partial charge in [0.05, 0.1) is 12.8 Å². The summed E-state index contributed by atoms with van der Waals surface area (Å²) in [4.78, 5) is 16.6. The van der Waals surface area contributed by atoms with Crippen molar-refractivity contribution in [3.63, 3.8) is 0 Å². The van der Waals surface area contributed by atoms with Crippen molar-refractivity contribution in [2.45, 2.75) is 13.5 Å². The summed E-state index contributed by atoms with van der Waals surface area (Å²) in [5.74, 6) is -0.166. The number of nitrogens with zero attached hydrogens (tertiary/aromatic N) is 2. The first kappa shape index (κ1) is 10.8. The Kier molecular flexibility index (Phi) is 2.48. The van der Waals surface area contributed by atoms with Crippen molar-refractivity contribution in [3.05, 3.63) is 47.5 Å². The number of amides is 1. The second-order valence-corrected chi connectivity index (χ2v) is 4.23. The number of carbonyl (C=O) groups excluding carboxylic acids is 1. The predicted octanol–water partition coefficient (Wildman–Crippen LogP) is 2.47. The Labute approximate surface area is 104 Å². The van der Waals surface area contributed by atoms with E-state index >= 15 is 0 Å². The molecule has 4 rings (SSSR count). The minimum atomic E-state index is -0.166. The number of oxime groups is 1. The molecule has 4 nitrogen and oxygen atoms in total. The molecule has 2 bridgehead atoms. The number of fused-ring (bicyclic) bond motifs is 4. The van der Waals surface area contributed by atoms with Gasteiger partial charge in [0.2, 0.25) is 0 Å². The molecule has 2 heterocycles. The van der Waals surface area contributed by atoms with Crippen LogP contribution in [0.1, 0.15) is 18.1 Å². The van der Waals surface area contributed by atoms with E-state index in [1.807, 2.05) is 36.4 Å². The van der Waals surface area contributed by atoms with Crippen molar-refractivity contribution in [2.75, 3.05) is 0 Å². The monoisotopic (exact) mass is 240 g/mol. The molecule has 2 aromatic carbocycles. The molecule has 90 valence electrons. The van der Waals surface area contributed by atoms with Crippen molar-refractivity contribution in [3.8, 4) is 0 Å². The first-order chi connectivity index (χ1) is 8.75. The number of carbonyl (C=O) groups is 1. The summed E-state index contributed by atoms with van der Waals surface area (Å²) in [6.07, 6.45) is 1.63. The lowest BCUT2D eigenvalue weighted by atomic mass is 10.00. The van der Waals surface area contributed by atoms with Crippen LogP contribution in [-0.4, -0.2) is 17.2 Å². The normalized spacial score (nSPS) is 13.9. The van der Waals surface area contributed by atoms with E-state index in [4.69, 9.17) is 4.94 Å². The third-order valence-electron chi connectivity index (χ3n) is 3.05. The highest BCUT2D eigenvalue weighted by atomic mass is 16.8. The van der Waals surface area contributed by atoms with E-state index in [9.17, 15) is 4.79 Å². The van der Waals surface area contributed by atoms with Gasteiger partial charge in [0.1, 0.15) is 0 Å². The van der Waals surface area contributed by atoms with Crippen molar-refractivity contribution in [1.82, 2.24) is 5.06 Å². The Morgan fingerprint density at radius 3 is 2.78 bits per heavy atom. The van der Waals surface area contributed by atoms with Crippen molar-refractivity contribution in [1.29, 1.82) is 0 Å². The molecule has 0 radical (unpaired) electrons. The van der Waals surface area contributed by atoms with Crippen LogP contribution in [0.3, 0.4) is 0 Å². The number of hydrogen-bond donors (Lipinski definition) is 0. The highest BCUT2D eigenvalue weighted by Crippen LogP contribution is 2.24. The largest absolute Gasteiger partial charge is 0.272 e. The first-order valence-electron chi connectivity index (χ1n) is 5.75. The van der Waals surface area contributed by atoms with Crippen molar-refractivity contribution >= 4 is 22.9 Å². The van der Waals surface area contributed by atoms with Crippen LogP contribution >= 0.6 is 0 Å². The van der Waals surface area contributed by atoms with Crippen LogP contribution < -0.4 is 0 Å². The molecular formula is C14H12N2O2. The van der Waals surface area contributed by atoms with E-state index in [0.717, 1.165) is 21.9 Å². The molecule has 0 atom stereocenters. The van der Waals surface area contributed by atoms with Crippen LogP contribution in [-0.2, 0) is 16.3 Å². The van der Waals surface area contributed by atoms with Gasteiger partial charge >= 0.3 is 0 Å². The molecule has 0 saturated carbocycles.